The number of halogens is 3. The van der Waals surface area contributed by atoms with Crippen molar-refractivity contribution in [3.05, 3.63) is 64.6 Å². The van der Waals surface area contributed by atoms with E-state index in [1.807, 2.05) is 6.07 Å². The summed E-state index contributed by atoms with van der Waals surface area (Å²) in [6.45, 7) is 0.122. The fraction of sp³-hybridized carbons (Fsp3) is 0.381. The fourth-order valence-electron chi connectivity index (χ4n) is 3.56. The number of nitrogens with one attached hydrogen (secondary N) is 2. The highest BCUT2D eigenvalue weighted by atomic mass is 19.4. The lowest BCUT2D eigenvalue weighted by Crippen LogP contribution is -2.51. The van der Waals surface area contributed by atoms with Crippen molar-refractivity contribution in [1.29, 1.82) is 0 Å². The fourth-order valence-corrected chi connectivity index (χ4v) is 3.56. The third kappa shape index (κ3) is 5.87. The molecule has 0 aliphatic carbocycles. The number of alkyl halides is 3. The Kier molecular flexibility index (Phi) is 6.98. The van der Waals surface area contributed by atoms with E-state index >= 15 is 0 Å². The normalized spacial score (nSPS) is 16.6. The van der Waals surface area contributed by atoms with Gasteiger partial charge >= 0.3 is 12.2 Å². The summed E-state index contributed by atoms with van der Waals surface area (Å²) in [7, 11) is 0. The van der Waals surface area contributed by atoms with Gasteiger partial charge in [0.25, 0.3) is 5.56 Å². The van der Waals surface area contributed by atoms with Gasteiger partial charge < -0.3 is 20.1 Å². The predicted octanol–water partition coefficient (Wildman–Crippen LogP) is 3.07. The first-order chi connectivity index (χ1) is 14.8. The first-order valence-corrected chi connectivity index (χ1v) is 9.92. The number of hydrogen-bond acceptors (Lipinski definition) is 3. The number of carbonyl (C=O) groups excluding carboxylic acids is 2. The van der Waals surface area contributed by atoms with Gasteiger partial charge in [0, 0.05) is 31.0 Å². The second kappa shape index (κ2) is 9.67. The lowest BCUT2D eigenvalue weighted by molar-refractivity contribution is -0.140. The maximum Gasteiger partial charge on any atom is 0.421 e. The van der Waals surface area contributed by atoms with Crippen LogP contribution in [0.3, 0.4) is 0 Å². The molecule has 1 aliphatic rings. The number of rotatable bonds is 5. The Morgan fingerprint density at radius 3 is 2.52 bits per heavy atom. The molecule has 3 rings (SSSR count). The van der Waals surface area contributed by atoms with Gasteiger partial charge in [-0.1, -0.05) is 18.2 Å². The number of pyridine rings is 1. The first kappa shape index (κ1) is 22.4. The minimum atomic E-state index is -4.78. The van der Waals surface area contributed by atoms with Crippen LogP contribution in [0.2, 0.25) is 0 Å². The smallest absolute Gasteiger partial charge is 0.336 e. The number of aromatic nitrogens is 1. The van der Waals surface area contributed by atoms with Crippen molar-refractivity contribution < 1.29 is 22.8 Å². The summed E-state index contributed by atoms with van der Waals surface area (Å²) in [5, 5.41) is 5.42. The molecule has 1 fully saturated rings. The number of anilines is 1. The molecule has 10 heteroatoms. The van der Waals surface area contributed by atoms with E-state index in [0.717, 1.165) is 23.5 Å². The highest BCUT2D eigenvalue weighted by molar-refractivity contribution is 5.89. The Morgan fingerprint density at radius 2 is 1.81 bits per heavy atom. The third-order valence-electron chi connectivity index (χ3n) is 5.11. The first-order valence-electron chi connectivity index (χ1n) is 9.92. The molecule has 2 heterocycles. The van der Waals surface area contributed by atoms with Crippen LogP contribution in [0.1, 0.15) is 24.8 Å². The van der Waals surface area contributed by atoms with Crippen LogP contribution in [-0.2, 0) is 17.5 Å². The Morgan fingerprint density at radius 1 is 1.06 bits per heavy atom. The number of urea groups is 1. The summed E-state index contributed by atoms with van der Waals surface area (Å²) in [6.07, 6.45) is -1.36. The average molecular weight is 436 g/mol. The Bertz CT molecular complexity index is 976. The number of amides is 3. The van der Waals surface area contributed by atoms with Crippen molar-refractivity contribution in [2.24, 2.45) is 0 Å². The van der Waals surface area contributed by atoms with Crippen LogP contribution in [0, 0.1) is 0 Å². The van der Waals surface area contributed by atoms with Gasteiger partial charge in [0.2, 0.25) is 5.91 Å². The SMILES string of the molecule is O=C(NCC1CCCCN1C(=O)Cn1cccc(C(F)(F)F)c1=O)Nc1ccccc1. The largest absolute Gasteiger partial charge is 0.421 e. The molecule has 1 saturated heterocycles. The molecule has 0 bridgehead atoms. The molecular formula is C21H23F3N4O3. The minimum Gasteiger partial charge on any atom is -0.336 e. The number of likely N-dealkylation sites (tertiary alicyclic amines) is 1. The van der Waals surface area contributed by atoms with E-state index < -0.39 is 35.8 Å². The number of para-hydroxylation sites is 1. The van der Waals surface area contributed by atoms with E-state index in [4.69, 9.17) is 0 Å². The van der Waals surface area contributed by atoms with Crippen molar-refractivity contribution in [2.45, 2.75) is 38.0 Å². The van der Waals surface area contributed by atoms with Gasteiger partial charge in [-0.2, -0.15) is 13.2 Å². The molecule has 2 N–H and O–H groups in total. The number of nitrogens with zero attached hydrogens (tertiary/aromatic N) is 2. The van der Waals surface area contributed by atoms with E-state index in [0.29, 0.717) is 24.7 Å². The molecule has 1 aliphatic heterocycles. The standard InChI is InChI=1S/C21H23F3N4O3/c22-21(23,24)17-10-6-11-27(19(17)30)14-18(29)28-12-5-4-9-16(28)13-25-20(31)26-15-7-2-1-3-8-15/h1-3,6-8,10-11,16H,4-5,9,12-14H2,(H2,25,26,31). The molecular weight excluding hydrogens is 413 g/mol. The summed E-state index contributed by atoms with van der Waals surface area (Å²) in [4.78, 5) is 38.5. The quantitative estimate of drug-likeness (QED) is 0.756. The molecule has 7 nitrogen and oxygen atoms in total. The summed E-state index contributed by atoms with van der Waals surface area (Å²) in [5.74, 6) is -0.462. The molecule has 0 spiro atoms. The van der Waals surface area contributed by atoms with Crippen molar-refractivity contribution in [1.82, 2.24) is 14.8 Å². The second-order valence-corrected chi connectivity index (χ2v) is 7.29. The summed E-state index contributed by atoms with van der Waals surface area (Å²) in [6, 6.07) is 9.95. The maximum atomic E-state index is 13.0. The van der Waals surface area contributed by atoms with Gasteiger partial charge in [0.15, 0.2) is 0 Å². The number of piperidine rings is 1. The van der Waals surface area contributed by atoms with E-state index in [1.54, 1.807) is 24.3 Å². The third-order valence-corrected chi connectivity index (χ3v) is 5.11. The Hall–Kier alpha value is -3.30. The number of hydrogen-bond donors (Lipinski definition) is 2. The molecule has 1 unspecified atom stereocenters. The van der Waals surface area contributed by atoms with Crippen LogP contribution in [0.15, 0.2) is 53.5 Å². The number of benzene rings is 1. The highest BCUT2D eigenvalue weighted by Gasteiger charge is 2.35. The Balaban J connectivity index is 1.63. The van der Waals surface area contributed by atoms with Gasteiger partial charge in [-0.25, -0.2) is 4.79 Å². The van der Waals surface area contributed by atoms with Gasteiger partial charge in [-0.15, -0.1) is 0 Å². The van der Waals surface area contributed by atoms with Crippen molar-refractivity contribution in [3.8, 4) is 0 Å². The summed E-state index contributed by atoms with van der Waals surface area (Å²) >= 11 is 0. The van der Waals surface area contributed by atoms with Gasteiger partial charge in [0.1, 0.15) is 12.1 Å². The Labute approximate surface area is 176 Å². The predicted molar refractivity (Wildman–Crippen MR) is 109 cm³/mol. The van der Waals surface area contributed by atoms with Gasteiger partial charge in [0.05, 0.1) is 0 Å². The van der Waals surface area contributed by atoms with Gasteiger partial charge in [-0.05, 0) is 43.5 Å². The van der Waals surface area contributed by atoms with Crippen LogP contribution >= 0.6 is 0 Å². The second-order valence-electron chi connectivity index (χ2n) is 7.29. The van der Waals surface area contributed by atoms with Crippen molar-refractivity contribution in [2.75, 3.05) is 18.4 Å². The molecule has 0 radical (unpaired) electrons. The number of carbonyl (C=O) groups is 2. The van der Waals surface area contributed by atoms with E-state index in [1.165, 1.54) is 11.1 Å². The summed E-state index contributed by atoms with van der Waals surface area (Å²) in [5.41, 5.74) is -1.94. The summed E-state index contributed by atoms with van der Waals surface area (Å²) < 4.78 is 39.7. The van der Waals surface area contributed by atoms with Crippen LogP contribution in [0.25, 0.3) is 0 Å². The molecule has 31 heavy (non-hydrogen) atoms. The molecule has 2 aromatic rings. The highest BCUT2D eigenvalue weighted by Crippen LogP contribution is 2.26. The van der Waals surface area contributed by atoms with Gasteiger partial charge in [-0.3, -0.25) is 9.59 Å². The zero-order valence-corrected chi connectivity index (χ0v) is 16.7. The van der Waals surface area contributed by atoms with Crippen LogP contribution in [0.5, 0.6) is 0 Å². The maximum absolute atomic E-state index is 13.0. The van der Waals surface area contributed by atoms with Crippen LogP contribution in [-0.4, -0.2) is 40.5 Å². The van der Waals surface area contributed by atoms with Crippen LogP contribution < -0.4 is 16.2 Å². The zero-order chi connectivity index (χ0) is 22.4. The van der Waals surface area contributed by atoms with E-state index in [2.05, 4.69) is 10.6 Å². The van der Waals surface area contributed by atoms with Crippen LogP contribution in [0.4, 0.5) is 23.7 Å². The van der Waals surface area contributed by atoms with Crippen molar-refractivity contribution in [3.63, 3.8) is 0 Å². The minimum absolute atomic E-state index is 0.196. The van der Waals surface area contributed by atoms with Crippen molar-refractivity contribution >= 4 is 17.6 Å². The monoisotopic (exact) mass is 436 g/mol. The lowest BCUT2D eigenvalue weighted by Gasteiger charge is -2.36. The molecule has 1 aromatic carbocycles. The average Bonchev–Trinajstić information content (AvgIpc) is 2.74. The lowest BCUT2D eigenvalue weighted by atomic mass is 10.0. The molecule has 3 amide bonds. The topological polar surface area (TPSA) is 83.4 Å². The van der Waals surface area contributed by atoms with E-state index in [9.17, 15) is 27.6 Å². The molecule has 1 aromatic heterocycles. The van der Waals surface area contributed by atoms with E-state index in [-0.39, 0.29) is 12.6 Å². The molecule has 1 atom stereocenters. The zero-order valence-electron chi connectivity index (χ0n) is 16.7. The molecule has 0 saturated carbocycles. The molecule has 166 valence electrons.